The maximum absolute atomic E-state index is 13.8. The van der Waals surface area contributed by atoms with Crippen LogP contribution in [0.5, 0.6) is 11.5 Å². The molecule has 0 saturated carbocycles. The van der Waals surface area contributed by atoms with Crippen LogP contribution in [0.2, 0.25) is 0 Å². The molecule has 5 rings (SSSR count). The number of aryl methyl sites for hydroxylation is 3. The third kappa shape index (κ3) is 5.68. The van der Waals surface area contributed by atoms with E-state index < -0.39 is 29.5 Å². The van der Waals surface area contributed by atoms with Gasteiger partial charge in [0.25, 0.3) is 5.78 Å². The quantitative estimate of drug-likeness (QED) is 0.0539. The topological polar surface area (TPSA) is 133 Å². The highest BCUT2D eigenvalue weighted by Crippen LogP contribution is 2.46. The molecule has 1 fully saturated rings. The Hall–Kier alpha value is -4.97. The molecule has 234 valence electrons. The number of aromatic nitrogens is 3. The summed E-state index contributed by atoms with van der Waals surface area (Å²) < 4.78 is 18.5. The Balaban J connectivity index is 1.70. The van der Waals surface area contributed by atoms with Gasteiger partial charge < -0.3 is 23.7 Å². The van der Waals surface area contributed by atoms with Crippen molar-refractivity contribution in [2.75, 3.05) is 25.2 Å². The van der Waals surface area contributed by atoms with Crippen molar-refractivity contribution in [3.05, 3.63) is 87.8 Å². The molecule has 1 aromatic carbocycles. The third-order valence-corrected chi connectivity index (χ3v) is 8.66. The minimum Gasteiger partial charge on any atom is -0.505 e. The molecule has 1 amide bonds. The highest BCUT2D eigenvalue weighted by Gasteiger charge is 2.49. The third-order valence-electron chi connectivity index (χ3n) is 7.52. The number of benzene rings is 1. The van der Waals surface area contributed by atoms with Gasteiger partial charge in [0.05, 0.1) is 36.7 Å². The number of pyridine rings is 1. The molecular formula is C33H34N4O7S. The SMILES string of the molecule is C=CCOC(=O)c1sc(N2C(=O)C(=O)/C(=C(/O)c3nc4c(C)cccn4c3C)C2c2ccc(OCCCC)c(OC)c2)nc1C. The number of carbonyl (C=O) groups is 3. The molecule has 0 aliphatic carbocycles. The minimum atomic E-state index is -1.13. The first-order valence-electron chi connectivity index (χ1n) is 14.4. The zero-order chi connectivity index (χ0) is 32.4. The summed E-state index contributed by atoms with van der Waals surface area (Å²) in [6, 6.07) is 7.70. The Morgan fingerprint density at radius 1 is 1.16 bits per heavy atom. The van der Waals surface area contributed by atoms with E-state index in [0.717, 1.165) is 29.7 Å². The molecule has 1 aliphatic rings. The van der Waals surface area contributed by atoms with E-state index >= 15 is 0 Å². The van der Waals surface area contributed by atoms with Gasteiger partial charge >= 0.3 is 11.9 Å². The van der Waals surface area contributed by atoms with E-state index in [9.17, 15) is 19.5 Å². The van der Waals surface area contributed by atoms with Gasteiger partial charge in [-0.1, -0.05) is 49.5 Å². The Morgan fingerprint density at radius 2 is 1.93 bits per heavy atom. The standard InChI is InChI=1S/C33H34N4O7S/c1-7-9-16-43-22-13-12-21(17-23(22)42-6)26-24(27(38)25-20(5)36-14-10-11-18(3)30(36)35-25)28(39)31(40)37(26)33-34-19(4)29(45-33)32(41)44-15-8-2/h8,10-14,17,26,38H,2,7,9,15-16H2,1,3-6H3/b27-24+. The van der Waals surface area contributed by atoms with Crippen LogP contribution in [0, 0.1) is 20.8 Å². The zero-order valence-electron chi connectivity index (χ0n) is 25.7. The molecule has 4 aromatic rings. The normalized spacial score (nSPS) is 15.9. The van der Waals surface area contributed by atoms with Crippen LogP contribution in [0.1, 0.15) is 63.7 Å². The predicted octanol–water partition coefficient (Wildman–Crippen LogP) is 5.87. The molecule has 1 N–H and O–H groups in total. The Bertz CT molecular complexity index is 1850. The van der Waals surface area contributed by atoms with Gasteiger partial charge in [-0.15, -0.1) is 0 Å². The lowest BCUT2D eigenvalue weighted by Crippen LogP contribution is -2.29. The summed E-state index contributed by atoms with van der Waals surface area (Å²) in [5, 5.41) is 11.9. The molecule has 3 aromatic heterocycles. The van der Waals surface area contributed by atoms with E-state index in [-0.39, 0.29) is 27.9 Å². The Morgan fingerprint density at radius 3 is 2.62 bits per heavy atom. The number of thiazole rings is 1. The lowest BCUT2D eigenvalue weighted by Gasteiger charge is -2.24. The number of aliphatic hydroxyl groups is 1. The van der Waals surface area contributed by atoms with E-state index in [0.29, 0.717) is 40.7 Å². The Labute approximate surface area is 264 Å². The molecule has 1 saturated heterocycles. The summed E-state index contributed by atoms with van der Waals surface area (Å²) >= 11 is 0.918. The molecule has 12 heteroatoms. The zero-order valence-corrected chi connectivity index (χ0v) is 26.6. The summed E-state index contributed by atoms with van der Waals surface area (Å²) in [5.74, 6) is -2.01. The highest BCUT2D eigenvalue weighted by molar-refractivity contribution is 7.17. The summed E-state index contributed by atoms with van der Waals surface area (Å²) in [6.07, 6.45) is 5.06. The number of unbranched alkanes of at least 4 members (excludes halogenated alkanes) is 1. The van der Waals surface area contributed by atoms with Crippen LogP contribution in [-0.2, 0) is 14.3 Å². The van der Waals surface area contributed by atoms with Crippen molar-refractivity contribution in [3.8, 4) is 11.5 Å². The van der Waals surface area contributed by atoms with Crippen molar-refractivity contribution < 1.29 is 33.7 Å². The van der Waals surface area contributed by atoms with Crippen LogP contribution < -0.4 is 14.4 Å². The van der Waals surface area contributed by atoms with Gasteiger partial charge in [0.2, 0.25) is 0 Å². The minimum absolute atomic E-state index is 0.000326. The predicted molar refractivity (Wildman–Crippen MR) is 170 cm³/mol. The molecular weight excluding hydrogens is 596 g/mol. The fourth-order valence-electron chi connectivity index (χ4n) is 5.19. The number of Topliss-reactive ketones (excluding diaryl/α,β-unsaturated/α-hetero) is 1. The Kier molecular flexibility index (Phi) is 9.05. The molecule has 1 aliphatic heterocycles. The number of hydrogen-bond donors (Lipinski definition) is 1. The van der Waals surface area contributed by atoms with E-state index in [4.69, 9.17) is 14.2 Å². The van der Waals surface area contributed by atoms with Crippen LogP contribution in [0.3, 0.4) is 0 Å². The molecule has 1 unspecified atom stereocenters. The van der Waals surface area contributed by atoms with Gasteiger partial charge in [0, 0.05) is 6.20 Å². The molecule has 1 atom stereocenters. The monoisotopic (exact) mass is 630 g/mol. The second-order valence-electron chi connectivity index (χ2n) is 10.5. The number of carbonyl (C=O) groups excluding carboxylic acids is 3. The van der Waals surface area contributed by atoms with Gasteiger partial charge in [-0.3, -0.25) is 14.5 Å². The van der Waals surface area contributed by atoms with Gasteiger partial charge in [-0.25, -0.2) is 14.8 Å². The number of esters is 1. The maximum atomic E-state index is 13.8. The number of ketones is 1. The molecule has 45 heavy (non-hydrogen) atoms. The molecule has 0 spiro atoms. The summed E-state index contributed by atoms with van der Waals surface area (Å²) in [5.41, 5.74) is 2.85. The number of nitrogens with zero attached hydrogens (tertiary/aromatic N) is 4. The summed E-state index contributed by atoms with van der Waals surface area (Å²) in [4.78, 5) is 50.8. The first-order chi connectivity index (χ1) is 21.6. The lowest BCUT2D eigenvalue weighted by molar-refractivity contribution is -0.132. The van der Waals surface area contributed by atoms with Crippen LogP contribution in [0.25, 0.3) is 11.4 Å². The number of anilines is 1. The number of imidazole rings is 1. The van der Waals surface area contributed by atoms with Crippen molar-refractivity contribution in [2.24, 2.45) is 0 Å². The summed E-state index contributed by atoms with van der Waals surface area (Å²) in [6.45, 7) is 11.4. The van der Waals surface area contributed by atoms with Crippen molar-refractivity contribution in [2.45, 2.75) is 46.6 Å². The number of aliphatic hydroxyl groups excluding tert-OH is 1. The molecule has 11 nitrogen and oxygen atoms in total. The molecule has 0 bridgehead atoms. The number of methoxy groups -OCH3 is 1. The van der Waals surface area contributed by atoms with E-state index in [1.807, 2.05) is 29.7 Å². The van der Waals surface area contributed by atoms with Crippen LogP contribution in [-0.4, -0.2) is 57.5 Å². The van der Waals surface area contributed by atoms with Gasteiger partial charge in [-0.2, -0.15) is 0 Å². The number of rotatable bonds is 11. The van der Waals surface area contributed by atoms with Crippen LogP contribution >= 0.6 is 11.3 Å². The fraction of sp³-hybridized carbons (Fsp3) is 0.303. The second kappa shape index (κ2) is 12.9. The molecule has 4 heterocycles. The van der Waals surface area contributed by atoms with Crippen molar-refractivity contribution in [1.29, 1.82) is 0 Å². The number of ether oxygens (including phenoxy) is 3. The van der Waals surface area contributed by atoms with E-state index in [1.165, 1.54) is 18.1 Å². The highest BCUT2D eigenvalue weighted by atomic mass is 32.1. The number of hydrogen-bond acceptors (Lipinski definition) is 10. The lowest BCUT2D eigenvalue weighted by atomic mass is 9.96. The second-order valence-corrected chi connectivity index (χ2v) is 11.5. The van der Waals surface area contributed by atoms with Gasteiger partial charge in [0.1, 0.15) is 22.8 Å². The smallest absolute Gasteiger partial charge is 0.350 e. The number of amides is 1. The van der Waals surface area contributed by atoms with Gasteiger partial charge in [0.15, 0.2) is 22.4 Å². The fourth-order valence-corrected chi connectivity index (χ4v) is 6.18. The average molecular weight is 631 g/mol. The van der Waals surface area contributed by atoms with E-state index in [1.54, 1.807) is 32.0 Å². The molecule has 0 radical (unpaired) electrons. The van der Waals surface area contributed by atoms with Crippen molar-refractivity contribution in [1.82, 2.24) is 14.4 Å². The average Bonchev–Trinajstić information content (AvgIpc) is 3.67. The largest absolute Gasteiger partial charge is 0.505 e. The van der Waals surface area contributed by atoms with E-state index in [2.05, 4.69) is 23.5 Å². The first kappa shape index (κ1) is 31.5. The van der Waals surface area contributed by atoms with Crippen LogP contribution in [0.4, 0.5) is 5.13 Å². The van der Waals surface area contributed by atoms with Gasteiger partial charge in [-0.05, 0) is 56.5 Å². The first-order valence-corrected chi connectivity index (χ1v) is 15.3. The number of fused-ring (bicyclic) bond motifs is 1. The van der Waals surface area contributed by atoms with Crippen LogP contribution in [0.15, 0.2) is 54.8 Å². The van der Waals surface area contributed by atoms with Crippen molar-refractivity contribution in [3.63, 3.8) is 0 Å². The summed E-state index contributed by atoms with van der Waals surface area (Å²) in [7, 11) is 1.50. The van der Waals surface area contributed by atoms with Crippen molar-refractivity contribution >= 4 is 45.5 Å². The maximum Gasteiger partial charge on any atom is 0.350 e.